The Balaban J connectivity index is 2.07. The van der Waals surface area contributed by atoms with E-state index >= 15 is 0 Å². The monoisotopic (exact) mass is 362 g/mol. The van der Waals surface area contributed by atoms with E-state index in [1.165, 1.54) is 0 Å². The van der Waals surface area contributed by atoms with Gasteiger partial charge in [-0.2, -0.15) is 0 Å². The highest BCUT2D eigenvalue weighted by atomic mass is 79.9. The van der Waals surface area contributed by atoms with Crippen molar-refractivity contribution in [3.8, 4) is 0 Å². The quantitative estimate of drug-likeness (QED) is 0.840. The normalized spacial score (nSPS) is 23.7. The van der Waals surface area contributed by atoms with E-state index < -0.39 is 0 Å². The number of hydrogen-bond acceptors (Lipinski definition) is 4. The van der Waals surface area contributed by atoms with Crippen LogP contribution in [0.4, 0.5) is 5.82 Å². The predicted octanol–water partition coefficient (Wildman–Crippen LogP) is 1.80. The van der Waals surface area contributed by atoms with Crippen molar-refractivity contribution in [1.82, 2.24) is 15.3 Å². The number of carbonyl (C=O) groups is 1. The van der Waals surface area contributed by atoms with Crippen LogP contribution in [-0.2, 0) is 4.79 Å². The molecule has 0 aliphatic carbocycles. The fraction of sp³-hybridized carbons (Fsp3) is 0.500. The molecule has 1 aliphatic rings. The highest BCUT2D eigenvalue weighted by Gasteiger charge is 2.30. The van der Waals surface area contributed by atoms with Crippen LogP contribution in [0.2, 0.25) is 0 Å². The maximum atomic E-state index is 12.0. The molecule has 2 unspecified atom stereocenters. The predicted molar refractivity (Wildman–Crippen MR) is 71.6 cm³/mol. The zero-order chi connectivity index (χ0) is 12.4. The highest BCUT2D eigenvalue weighted by Crippen LogP contribution is 2.22. The second-order valence-corrected chi connectivity index (χ2v) is 5.63. The number of nitrogens with one attached hydrogen (secondary N) is 2. The molecule has 1 aromatic rings. The lowest BCUT2D eigenvalue weighted by atomic mass is 9.97. The lowest BCUT2D eigenvalue weighted by molar-refractivity contribution is -0.120. The van der Waals surface area contributed by atoms with Gasteiger partial charge in [-0.3, -0.25) is 4.79 Å². The van der Waals surface area contributed by atoms with Crippen molar-refractivity contribution in [3.63, 3.8) is 0 Å². The minimum absolute atomic E-state index is 0.00709. The van der Waals surface area contributed by atoms with Crippen LogP contribution in [0.15, 0.2) is 15.4 Å². The van der Waals surface area contributed by atoms with Gasteiger partial charge in [0.25, 0.3) is 0 Å². The lowest BCUT2D eigenvalue weighted by Crippen LogP contribution is -2.28. The van der Waals surface area contributed by atoms with Gasteiger partial charge in [0.2, 0.25) is 5.91 Å². The SMILES string of the molecule is CC1CNCC1C(=O)Nc1ncc(Br)nc1Br. The van der Waals surface area contributed by atoms with Crippen LogP contribution >= 0.6 is 31.9 Å². The molecule has 0 spiro atoms. The van der Waals surface area contributed by atoms with Gasteiger partial charge in [0.1, 0.15) is 9.21 Å². The summed E-state index contributed by atoms with van der Waals surface area (Å²) < 4.78 is 1.15. The van der Waals surface area contributed by atoms with Crippen LogP contribution in [0.25, 0.3) is 0 Å². The van der Waals surface area contributed by atoms with Crippen LogP contribution in [0, 0.1) is 11.8 Å². The summed E-state index contributed by atoms with van der Waals surface area (Å²) in [6.45, 7) is 3.66. The second kappa shape index (κ2) is 5.41. The third kappa shape index (κ3) is 3.02. The van der Waals surface area contributed by atoms with Gasteiger partial charge < -0.3 is 10.6 Å². The Bertz CT molecular complexity index is 440. The molecule has 1 aromatic heterocycles. The molecule has 17 heavy (non-hydrogen) atoms. The Morgan fingerprint density at radius 2 is 2.29 bits per heavy atom. The van der Waals surface area contributed by atoms with E-state index in [0.29, 0.717) is 27.5 Å². The molecule has 2 atom stereocenters. The smallest absolute Gasteiger partial charge is 0.230 e. The van der Waals surface area contributed by atoms with Crippen molar-refractivity contribution in [1.29, 1.82) is 0 Å². The van der Waals surface area contributed by atoms with Crippen molar-refractivity contribution < 1.29 is 4.79 Å². The second-order valence-electron chi connectivity index (χ2n) is 4.06. The van der Waals surface area contributed by atoms with Crippen LogP contribution in [-0.4, -0.2) is 29.0 Å². The molecule has 92 valence electrons. The highest BCUT2D eigenvalue weighted by molar-refractivity contribution is 9.11. The van der Waals surface area contributed by atoms with Gasteiger partial charge >= 0.3 is 0 Å². The van der Waals surface area contributed by atoms with Crippen molar-refractivity contribution >= 4 is 43.6 Å². The van der Waals surface area contributed by atoms with E-state index in [0.717, 1.165) is 6.54 Å². The maximum absolute atomic E-state index is 12.0. The Morgan fingerprint density at radius 1 is 1.53 bits per heavy atom. The molecule has 0 bridgehead atoms. The molecular formula is C10H12Br2N4O. The summed E-state index contributed by atoms with van der Waals surface area (Å²) >= 11 is 6.48. The van der Waals surface area contributed by atoms with Gasteiger partial charge in [0.05, 0.1) is 12.1 Å². The minimum Gasteiger partial charge on any atom is -0.316 e. The van der Waals surface area contributed by atoms with Crippen molar-refractivity contribution in [2.45, 2.75) is 6.92 Å². The first-order chi connectivity index (χ1) is 8.08. The number of rotatable bonds is 2. The first-order valence-electron chi connectivity index (χ1n) is 5.27. The van der Waals surface area contributed by atoms with Crippen molar-refractivity contribution in [3.05, 3.63) is 15.4 Å². The van der Waals surface area contributed by atoms with Gasteiger partial charge in [-0.15, -0.1) is 0 Å². The van der Waals surface area contributed by atoms with E-state index in [9.17, 15) is 4.79 Å². The van der Waals surface area contributed by atoms with Crippen molar-refractivity contribution in [2.24, 2.45) is 11.8 Å². The zero-order valence-electron chi connectivity index (χ0n) is 9.20. The summed E-state index contributed by atoms with van der Waals surface area (Å²) in [5.41, 5.74) is 0. The molecule has 1 fully saturated rings. The third-order valence-corrected chi connectivity index (χ3v) is 3.73. The van der Waals surface area contributed by atoms with Crippen LogP contribution < -0.4 is 10.6 Å². The molecular weight excluding hydrogens is 352 g/mol. The first kappa shape index (κ1) is 12.9. The van der Waals surface area contributed by atoms with Gasteiger partial charge in [-0.05, 0) is 44.3 Å². The number of aromatic nitrogens is 2. The molecule has 1 aliphatic heterocycles. The molecule has 2 N–H and O–H groups in total. The van der Waals surface area contributed by atoms with Crippen molar-refractivity contribution in [2.75, 3.05) is 18.4 Å². The van der Waals surface area contributed by atoms with Crippen LogP contribution in [0.5, 0.6) is 0 Å². The summed E-state index contributed by atoms with van der Waals surface area (Å²) in [4.78, 5) is 20.2. The summed E-state index contributed by atoms with van der Waals surface area (Å²) in [5.74, 6) is 0.779. The molecule has 0 aromatic carbocycles. The summed E-state index contributed by atoms with van der Waals surface area (Å²) in [5, 5.41) is 5.99. The molecule has 0 saturated carbocycles. The number of halogens is 2. The largest absolute Gasteiger partial charge is 0.316 e. The molecule has 2 rings (SSSR count). The number of anilines is 1. The molecule has 1 amide bonds. The average Bonchev–Trinajstić information content (AvgIpc) is 2.68. The Morgan fingerprint density at radius 3 is 2.88 bits per heavy atom. The topological polar surface area (TPSA) is 66.9 Å². The Labute approximate surface area is 116 Å². The molecule has 2 heterocycles. The summed E-state index contributed by atoms with van der Waals surface area (Å²) in [6, 6.07) is 0. The molecule has 1 saturated heterocycles. The summed E-state index contributed by atoms with van der Waals surface area (Å²) in [6.07, 6.45) is 1.55. The van der Waals surface area contributed by atoms with Gasteiger partial charge in [-0.25, -0.2) is 9.97 Å². The van der Waals surface area contributed by atoms with E-state index in [1.54, 1.807) is 6.20 Å². The fourth-order valence-electron chi connectivity index (χ4n) is 1.80. The third-order valence-electron chi connectivity index (χ3n) is 2.80. The first-order valence-corrected chi connectivity index (χ1v) is 6.86. The summed E-state index contributed by atoms with van der Waals surface area (Å²) in [7, 11) is 0. The van der Waals surface area contributed by atoms with Crippen LogP contribution in [0.1, 0.15) is 6.92 Å². The van der Waals surface area contributed by atoms with Crippen LogP contribution in [0.3, 0.4) is 0 Å². The lowest BCUT2D eigenvalue weighted by Gasteiger charge is -2.14. The van der Waals surface area contributed by atoms with E-state index in [2.05, 4.69) is 59.4 Å². The maximum Gasteiger partial charge on any atom is 0.230 e. The number of nitrogens with zero attached hydrogens (tertiary/aromatic N) is 2. The minimum atomic E-state index is -0.0141. The molecule has 7 heteroatoms. The number of hydrogen-bond donors (Lipinski definition) is 2. The zero-order valence-corrected chi connectivity index (χ0v) is 12.4. The van der Waals surface area contributed by atoms with Gasteiger partial charge in [0.15, 0.2) is 5.82 Å². The van der Waals surface area contributed by atoms with Gasteiger partial charge in [-0.1, -0.05) is 6.92 Å². The Kier molecular flexibility index (Phi) is 4.11. The standard InChI is InChI=1S/C10H12Br2N4O/c1-5-2-13-3-6(5)10(17)16-9-8(12)15-7(11)4-14-9/h4-6,13H,2-3H2,1H3,(H,14,16,17). The number of carbonyl (C=O) groups excluding carboxylic acids is 1. The van der Waals surface area contributed by atoms with Gasteiger partial charge in [0, 0.05) is 6.54 Å². The molecule has 0 radical (unpaired) electrons. The van der Waals surface area contributed by atoms with E-state index in [4.69, 9.17) is 0 Å². The number of amides is 1. The average molecular weight is 364 g/mol. The fourth-order valence-corrected chi connectivity index (χ4v) is 2.71. The van der Waals surface area contributed by atoms with E-state index in [-0.39, 0.29) is 11.8 Å². The molecule has 5 nitrogen and oxygen atoms in total. The Hall–Kier alpha value is -0.530. The van der Waals surface area contributed by atoms with E-state index in [1.807, 2.05) is 0 Å².